The first-order valence-corrected chi connectivity index (χ1v) is 10.2. The summed E-state index contributed by atoms with van der Waals surface area (Å²) < 4.78 is 21.2. The van der Waals surface area contributed by atoms with E-state index in [-0.39, 0.29) is 30.0 Å². The summed E-state index contributed by atoms with van der Waals surface area (Å²) in [5.41, 5.74) is 0.936. The van der Waals surface area contributed by atoms with Gasteiger partial charge in [-0.15, -0.1) is 0 Å². The number of nitrogens with zero attached hydrogens (tertiary/aromatic N) is 1. The Labute approximate surface area is 187 Å². The van der Waals surface area contributed by atoms with Crippen molar-refractivity contribution in [2.45, 2.75) is 13.0 Å². The molecule has 1 amide bonds. The fourth-order valence-corrected chi connectivity index (χ4v) is 3.70. The van der Waals surface area contributed by atoms with Crippen LogP contribution in [0.5, 0.6) is 17.2 Å². The van der Waals surface area contributed by atoms with Crippen LogP contribution in [0, 0.1) is 0 Å². The lowest BCUT2D eigenvalue weighted by atomic mass is 9.95. The SMILES string of the molecule is CCOc1ccc(C2/C(=C(/O)c3ccc(OC)cc3OC)C(=O)C(=O)N2CCOC)cc1. The highest BCUT2D eigenvalue weighted by Crippen LogP contribution is 2.41. The highest BCUT2D eigenvalue weighted by atomic mass is 16.5. The topological polar surface area (TPSA) is 94.5 Å². The van der Waals surface area contributed by atoms with Crippen LogP contribution in [0.4, 0.5) is 0 Å². The molecule has 1 atom stereocenters. The first kappa shape index (κ1) is 23.1. The van der Waals surface area contributed by atoms with Gasteiger partial charge < -0.3 is 29.0 Å². The Bertz CT molecular complexity index is 1010. The molecule has 0 aromatic heterocycles. The number of carbonyl (C=O) groups excluding carboxylic acids is 2. The van der Waals surface area contributed by atoms with E-state index in [1.807, 2.05) is 6.92 Å². The van der Waals surface area contributed by atoms with Gasteiger partial charge in [-0.2, -0.15) is 0 Å². The molecule has 1 aliphatic rings. The zero-order chi connectivity index (χ0) is 23.3. The Kier molecular flexibility index (Phi) is 7.37. The van der Waals surface area contributed by atoms with Gasteiger partial charge in [-0.05, 0) is 36.8 Å². The quantitative estimate of drug-likeness (QED) is 0.363. The summed E-state index contributed by atoms with van der Waals surface area (Å²) in [6.07, 6.45) is 0. The van der Waals surface area contributed by atoms with E-state index in [4.69, 9.17) is 18.9 Å². The van der Waals surface area contributed by atoms with Crippen molar-refractivity contribution in [3.8, 4) is 17.2 Å². The smallest absolute Gasteiger partial charge is 0.295 e. The maximum Gasteiger partial charge on any atom is 0.295 e. The minimum atomic E-state index is -0.785. The van der Waals surface area contributed by atoms with Crippen LogP contribution in [0.2, 0.25) is 0 Å². The molecule has 0 aliphatic carbocycles. The molecule has 32 heavy (non-hydrogen) atoms. The molecule has 0 spiro atoms. The molecule has 3 rings (SSSR count). The number of methoxy groups -OCH3 is 3. The molecule has 0 bridgehead atoms. The average molecular weight is 441 g/mol. The molecular weight excluding hydrogens is 414 g/mol. The van der Waals surface area contributed by atoms with Gasteiger partial charge in [0.05, 0.1) is 44.6 Å². The highest BCUT2D eigenvalue weighted by molar-refractivity contribution is 6.46. The molecule has 1 aliphatic heterocycles. The Morgan fingerprint density at radius 2 is 1.69 bits per heavy atom. The Morgan fingerprint density at radius 1 is 1.00 bits per heavy atom. The van der Waals surface area contributed by atoms with E-state index in [1.165, 1.54) is 26.2 Å². The predicted octanol–water partition coefficient (Wildman–Crippen LogP) is 3.17. The first-order chi connectivity index (χ1) is 15.5. The van der Waals surface area contributed by atoms with Crippen LogP contribution in [-0.2, 0) is 14.3 Å². The summed E-state index contributed by atoms with van der Waals surface area (Å²) >= 11 is 0. The van der Waals surface area contributed by atoms with E-state index in [9.17, 15) is 14.7 Å². The molecule has 0 radical (unpaired) electrons. The third-order valence-corrected chi connectivity index (χ3v) is 5.25. The number of aliphatic hydroxyl groups excluding tert-OH is 1. The molecule has 1 fully saturated rings. The van der Waals surface area contributed by atoms with E-state index < -0.39 is 17.7 Å². The molecular formula is C24H27NO7. The van der Waals surface area contributed by atoms with Crippen molar-refractivity contribution in [3.05, 3.63) is 59.2 Å². The molecule has 2 aromatic carbocycles. The molecule has 0 saturated carbocycles. The summed E-state index contributed by atoms with van der Waals surface area (Å²) in [5.74, 6) is -0.272. The average Bonchev–Trinajstić information content (AvgIpc) is 3.07. The fraction of sp³-hybridized carbons (Fsp3) is 0.333. The first-order valence-electron chi connectivity index (χ1n) is 10.2. The minimum absolute atomic E-state index is 0.0151. The Balaban J connectivity index is 2.16. The number of hydrogen-bond donors (Lipinski definition) is 1. The summed E-state index contributed by atoms with van der Waals surface area (Å²) in [5, 5.41) is 11.2. The zero-order valence-corrected chi connectivity index (χ0v) is 18.6. The van der Waals surface area contributed by atoms with Crippen LogP contribution in [-0.4, -0.2) is 62.8 Å². The van der Waals surface area contributed by atoms with Crippen LogP contribution in [0.25, 0.3) is 5.76 Å². The van der Waals surface area contributed by atoms with Crippen molar-refractivity contribution in [2.24, 2.45) is 0 Å². The van der Waals surface area contributed by atoms with Gasteiger partial charge in [-0.1, -0.05) is 12.1 Å². The molecule has 170 valence electrons. The van der Waals surface area contributed by atoms with Crippen molar-refractivity contribution in [1.82, 2.24) is 4.90 Å². The van der Waals surface area contributed by atoms with Crippen molar-refractivity contribution in [1.29, 1.82) is 0 Å². The van der Waals surface area contributed by atoms with E-state index in [0.717, 1.165) is 0 Å². The van der Waals surface area contributed by atoms with Crippen LogP contribution in [0.3, 0.4) is 0 Å². The number of rotatable bonds is 9. The van der Waals surface area contributed by atoms with Gasteiger partial charge in [-0.25, -0.2) is 0 Å². The lowest BCUT2D eigenvalue weighted by Gasteiger charge is -2.25. The van der Waals surface area contributed by atoms with Gasteiger partial charge in [0.25, 0.3) is 11.7 Å². The molecule has 1 saturated heterocycles. The van der Waals surface area contributed by atoms with Gasteiger partial charge >= 0.3 is 0 Å². The number of benzene rings is 2. The van der Waals surface area contributed by atoms with Gasteiger partial charge in [0, 0.05) is 19.7 Å². The van der Waals surface area contributed by atoms with Gasteiger partial charge in [0.15, 0.2) is 0 Å². The maximum absolute atomic E-state index is 13.0. The van der Waals surface area contributed by atoms with E-state index >= 15 is 0 Å². The van der Waals surface area contributed by atoms with Gasteiger partial charge in [-0.3, -0.25) is 9.59 Å². The third kappa shape index (κ3) is 4.40. The predicted molar refractivity (Wildman–Crippen MR) is 118 cm³/mol. The summed E-state index contributed by atoms with van der Waals surface area (Å²) in [6, 6.07) is 11.1. The van der Waals surface area contributed by atoms with Crippen molar-refractivity contribution >= 4 is 17.4 Å². The van der Waals surface area contributed by atoms with Crippen LogP contribution < -0.4 is 14.2 Å². The second-order valence-electron chi connectivity index (χ2n) is 7.05. The Morgan fingerprint density at radius 3 is 2.28 bits per heavy atom. The molecule has 1 unspecified atom stereocenters. The molecule has 8 nitrogen and oxygen atoms in total. The van der Waals surface area contributed by atoms with Crippen molar-refractivity contribution in [2.75, 3.05) is 41.1 Å². The fourth-order valence-electron chi connectivity index (χ4n) is 3.70. The van der Waals surface area contributed by atoms with E-state index in [1.54, 1.807) is 42.5 Å². The number of hydrogen-bond acceptors (Lipinski definition) is 7. The van der Waals surface area contributed by atoms with Crippen LogP contribution in [0.1, 0.15) is 24.1 Å². The van der Waals surface area contributed by atoms with Gasteiger partial charge in [0.1, 0.15) is 23.0 Å². The second-order valence-corrected chi connectivity index (χ2v) is 7.05. The number of carbonyl (C=O) groups is 2. The number of aliphatic hydroxyl groups is 1. The normalized spacial score (nSPS) is 17.5. The lowest BCUT2D eigenvalue weighted by Crippen LogP contribution is -2.32. The van der Waals surface area contributed by atoms with Gasteiger partial charge in [0.2, 0.25) is 0 Å². The molecule has 2 aromatic rings. The number of Topliss-reactive ketones (excluding diaryl/α,β-unsaturated/α-hetero) is 1. The maximum atomic E-state index is 13.0. The summed E-state index contributed by atoms with van der Waals surface area (Å²) in [6.45, 7) is 2.83. The lowest BCUT2D eigenvalue weighted by molar-refractivity contribution is -0.140. The number of likely N-dealkylation sites (tertiary alicyclic amines) is 1. The Hall–Kier alpha value is -3.52. The standard InChI is InChI=1S/C24H27NO7/c1-5-32-16-8-6-15(7-9-16)21-20(23(27)24(28)25(21)12-13-29-2)22(26)18-11-10-17(30-3)14-19(18)31-4/h6-11,14,21,26H,5,12-13H2,1-4H3/b22-20-. The van der Waals surface area contributed by atoms with E-state index in [0.29, 0.717) is 29.4 Å². The second kappa shape index (κ2) is 10.2. The van der Waals surface area contributed by atoms with Crippen LogP contribution >= 0.6 is 0 Å². The molecule has 1 heterocycles. The third-order valence-electron chi connectivity index (χ3n) is 5.25. The van der Waals surface area contributed by atoms with Crippen molar-refractivity contribution < 1.29 is 33.6 Å². The van der Waals surface area contributed by atoms with Crippen molar-refractivity contribution in [3.63, 3.8) is 0 Å². The molecule has 1 N–H and O–H groups in total. The number of ketones is 1. The highest BCUT2D eigenvalue weighted by Gasteiger charge is 2.46. The van der Waals surface area contributed by atoms with Crippen LogP contribution in [0.15, 0.2) is 48.0 Å². The molecule has 8 heteroatoms. The number of amides is 1. The summed E-state index contributed by atoms with van der Waals surface area (Å²) in [7, 11) is 4.49. The van der Waals surface area contributed by atoms with E-state index in [2.05, 4.69) is 0 Å². The minimum Gasteiger partial charge on any atom is -0.507 e. The monoisotopic (exact) mass is 441 g/mol. The largest absolute Gasteiger partial charge is 0.507 e. The summed E-state index contributed by atoms with van der Waals surface area (Å²) in [4.78, 5) is 27.3. The zero-order valence-electron chi connectivity index (χ0n) is 18.6. The number of ether oxygens (including phenoxy) is 4.